The van der Waals surface area contributed by atoms with Gasteiger partial charge in [0.15, 0.2) is 5.96 Å². The summed E-state index contributed by atoms with van der Waals surface area (Å²) in [6.07, 6.45) is 9.41. The number of ether oxygens (including phenoxy) is 1. The molecule has 0 aromatic carbocycles. The lowest BCUT2D eigenvalue weighted by Crippen LogP contribution is -2.38. The molecule has 0 amide bonds. The van der Waals surface area contributed by atoms with Crippen LogP contribution in [-0.2, 0) is 18.2 Å². The normalized spacial score (nSPS) is 11.2. The number of aliphatic imine (C=N–C) groups is 1. The van der Waals surface area contributed by atoms with Gasteiger partial charge in [-0.05, 0) is 31.2 Å². The highest BCUT2D eigenvalue weighted by molar-refractivity contribution is 14.0. The van der Waals surface area contributed by atoms with E-state index >= 15 is 0 Å². The molecule has 0 spiro atoms. The summed E-state index contributed by atoms with van der Waals surface area (Å²) in [7, 11) is 3.74. The summed E-state index contributed by atoms with van der Waals surface area (Å²) in [4.78, 5) is 4.22. The highest BCUT2D eigenvalue weighted by Crippen LogP contribution is 1.99. The number of halogens is 1. The van der Waals surface area contributed by atoms with E-state index in [2.05, 4.69) is 33.8 Å². The molecule has 0 aliphatic carbocycles. The summed E-state index contributed by atoms with van der Waals surface area (Å²) in [5, 5.41) is 10.8. The molecule has 6 nitrogen and oxygen atoms in total. The summed E-state index contributed by atoms with van der Waals surface area (Å²) < 4.78 is 7.37. The van der Waals surface area contributed by atoms with Gasteiger partial charge in [-0.3, -0.25) is 9.67 Å². The van der Waals surface area contributed by atoms with Crippen LogP contribution >= 0.6 is 24.0 Å². The van der Waals surface area contributed by atoms with E-state index in [0.717, 1.165) is 57.9 Å². The Morgan fingerprint density at radius 3 is 2.52 bits per heavy atom. The first-order valence-electron chi connectivity index (χ1n) is 8.26. The number of aryl methyl sites for hydroxylation is 2. The largest absolute Gasteiger partial charge is 0.381 e. The molecule has 0 fully saturated rings. The van der Waals surface area contributed by atoms with E-state index in [9.17, 15) is 0 Å². The van der Waals surface area contributed by atoms with Crippen molar-refractivity contribution in [2.45, 2.75) is 39.0 Å². The predicted molar refractivity (Wildman–Crippen MR) is 107 cm³/mol. The van der Waals surface area contributed by atoms with Crippen LogP contribution in [0.2, 0.25) is 0 Å². The van der Waals surface area contributed by atoms with Gasteiger partial charge < -0.3 is 15.4 Å². The average Bonchev–Trinajstić information content (AvgIpc) is 2.94. The lowest BCUT2D eigenvalue weighted by molar-refractivity contribution is 0.129. The van der Waals surface area contributed by atoms with Gasteiger partial charge in [0.2, 0.25) is 0 Å². The van der Waals surface area contributed by atoms with E-state index in [1.165, 1.54) is 12.0 Å². The quantitative estimate of drug-likeness (QED) is 0.242. The van der Waals surface area contributed by atoms with Gasteiger partial charge >= 0.3 is 0 Å². The number of nitrogens with zero attached hydrogens (tertiary/aromatic N) is 3. The number of rotatable bonds is 11. The van der Waals surface area contributed by atoms with Crippen molar-refractivity contribution in [1.29, 1.82) is 0 Å². The number of hydrogen-bond donors (Lipinski definition) is 2. The van der Waals surface area contributed by atoms with Gasteiger partial charge in [-0.1, -0.05) is 13.3 Å². The van der Waals surface area contributed by atoms with Crippen molar-refractivity contribution in [3.05, 3.63) is 18.0 Å². The number of guanidine groups is 1. The third-order valence-corrected chi connectivity index (χ3v) is 3.32. The van der Waals surface area contributed by atoms with E-state index < -0.39 is 0 Å². The fourth-order valence-electron chi connectivity index (χ4n) is 2.05. The summed E-state index contributed by atoms with van der Waals surface area (Å²) in [5.74, 6) is 0.861. The maximum Gasteiger partial charge on any atom is 0.190 e. The molecule has 134 valence electrons. The molecule has 0 saturated carbocycles. The van der Waals surface area contributed by atoms with Gasteiger partial charge in [-0.25, -0.2) is 0 Å². The molecule has 1 rings (SSSR count). The summed E-state index contributed by atoms with van der Waals surface area (Å²) in [5.41, 5.74) is 1.27. The SMILES string of the molecule is CCCCOCCCNC(=NC)NCCCc1cnn(C)c1.I. The van der Waals surface area contributed by atoms with Crippen molar-refractivity contribution < 1.29 is 4.74 Å². The van der Waals surface area contributed by atoms with E-state index in [1.54, 1.807) is 7.05 Å². The number of unbranched alkanes of at least 4 members (excludes halogenated alkanes) is 1. The monoisotopic (exact) mass is 437 g/mol. The van der Waals surface area contributed by atoms with Crippen molar-refractivity contribution >= 4 is 29.9 Å². The molecule has 0 saturated heterocycles. The molecule has 0 atom stereocenters. The molecular formula is C16H32IN5O. The highest BCUT2D eigenvalue weighted by atomic mass is 127. The number of aromatic nitrogens is 2. The summed E-state index contributed by atoms with van der Waals surface area (Å²) >= 11 is 0. The summed E-state index contributed by atoms with van der Waals surface area (Å²) in [6, 6.07) is 0. The first kappa shape index (κ1) is 22.2. The van der Waals surface area contributed by atoms with Gasteiger partial charge in [0.25, 0.3) is 0 Å². The third-order valence-electron chi connectivity index (χ3n) is 3.32. The van der Waals surface area contributed by atoms with Crippen LogP contribution in [0.4, 0.5) is 0 Å². The Bertz CT molecular complexity index is 422. The lowest BCUT2D eigenvalue weighted by atomic mass is 10.2. The zero-order valence-electron chi connectivity index (χ0n) is 14.7. The van der Waals surface area contributed by atoms with Gasteiger partial charge in [0, 0.05) is 46.6 Å². The van der Waals surface area contributed by atoms with E-state index in [0.29, 0.717) is 0 Å². The van der Waals surface area contributed by atoms with Crippen molar-refractivity contribution in [3.8, 4) is 0 Å². The highest BCUT2D eigenvalue weighted by Gasteiger charge is 1.99. The average molecular weight is 437 g/mol. The minimum absolute atomic E-state index is 0. The molecule has 0 unspecified atom stereocenters. The zero-order valence-corrected chi connectivity index (χ0v) is 17.0. The third kappa shape index (κ3) is 11.4. The molecule has 2 N–H and O–H groups in total. The molecule has 1 aromatic rings. The second kappa shape index (κ2) is 14.7. The van der Waals surface area contributed by atoms with E-state index in [4.69, 9.17) is 4.74 Å². The Hall–Kier alpha value is -0.830. The first-order valence-corrected chi connectivity index (χ1v) is 8.26. The lowest BCUT2D eigenvalue weighted by Gasteiger charge is -2.11. The molecule has 0 bridgehead atoms. The minimum Gasteiger partial charge on any atom is -0.381 e. The fraction of sp³-hybridized carbons (Fsp3) is 0.750. The minimum atomic E-state index is 0. The van der Waals surface area contributed by atoms with Crippen molar-refractivity contribution in [2.24, 2.45) is 12.0 Å². The maximum absolute atomic E-state index is 5.53. The number of hydrogen-bond acceptors (Lipinski definition) is 3. The second-order valence-corrected chi connectivity index (χ2v) is 5.37. The molecule has 1 aromatic heterocycles. The Morgan fingerprint density at radius 2 is 1.91 bits per heavy atom. The van der Waals surface area contributed by atoms with Crippen LogP contribution in [0.3, 0.4) is 0 Å². The Kier molecular flexibility index (Phi) is 14.2. The predicted octanol–water partition coefficient (Wildman–Crippen LogP) is 2.34. The van der Waals surface area contributed by atoms with Crippen molar-refractivity contribution in [2.75, 3.05) is 33.4 Å². The van der Waals surface area contributed by atoms with Crippen LogP contribution in [0.5, 0.6) is 0 Å². The van der Waals surface area contributed by atoms with Gasteiger partial charge in [-0.2, -0.15) is 5.10 Å². The van der Waals surface area contributed by atoms with Crippen LogP contribution < -0.4 is 10.6 Å². The van der Waals surface area contributed by atoms with Gasteiger partial charge in [0.05, 0.1) is 6.20 Å². The zero-order chi connectivity index (χ0) is 16.0. The van der Waals surface area contributed by atoms with Crippen LogP contribution in [0.15, 0.2) is 17.4 Å². The molecule has 1 heterocycles. The summed E-state index contributed by atoms with van der Waals surface area (Å²) in [6.45, 7) is 5.65. The smallest absolute Gasteiger partial charge is 0.190 e. The van der Waals surface area contributed by atoms with Crippen molar-refractivity contribution in [3.63, 3.8) is 0 Å². The fourth-order valence-corrected chi connectivity index (χ4v) is 2.05. The topological polar surface area (TPSA) is 63.5 Å². The Morgan fingerprint density at radius 1 is 1.22 bits per heavy atom. The Balaban J connectivity index is 0.00000484. The van der Waals surface area contributed by atoms with E-state index in [1.807, 2.05) is 17.9 Å². The molecule has 23 heavy (non-hydrogen) atoms. The molecule has 0 aliphatic rings. The molecular weight excluding hydrogens is 405 g/mol. The molecule has 0 radical (unpaired) electrons. The van der Waals surface area contributed by atoms with Crippen LogP contribution in [-0.4, -0.2) is 49.1 Å². The first-order chi connectivity index (χ1) is 10.8. The standard InChI is InChI=1S/C16H31N5O.HI/c1-4-5-11-22-12-7-10-19-16(17-2)18-9-6-8-15-13-20-21(3)14-15;/h13-14H,4-12H2,1-3H3,(H2,17,18,19);1H. The second-order valence-electron chi connectivity index (χ2n) is 5.37. The van der Waals surface area contributed by atoms with Crippen LogP contribution in [0.25, 0.3) is 0 Å². The van der Waals surface area contributed by atoms with Gasteiger partial charge in [-0.15, -0.1) is 24.0 Å². The van der Waals surface area contributed by atoms with Gasteiger partial charge in [0.1, 0.15) is 0 Å². The number of nitrogens with one attached hydrogen (secondary N) is 2. The molecule has 0 aliphatic heterocycles. The van der Waals surface area contributed by atoms with Crippen LogP contribution in [0.1, 0.15) is 38.2 Å². The van der Waals surface area contributed by atoms with E-state index in [-0.39, 0.29) is 24.0 Å². The Labute approximate surface area is 157 Å². The van der Waals surface area contributed by atoms with Crippen molar-refractivity contribution in [1.82, 2.24) is 20.4 Å². The molecule has 7 heteroatoms. The maximum atomic E-state index is 5.53. The van der Waals surface area contributed by atoms with Crippen LogP contribution in [0, 0.1) is 0 Å².